The Hall–Kier alpha value is -1.95. The average molecular weight is 235 g/mol. The number of carbonyl (C=O) groups is 1. The van der Waals surface area contributed by atoms with Gasteiger partial charge in [-0.15, -0.1) is 5.10 Å². The highest BCUT2D eigenvalue weighted by Crippen LogP contribution is 2.18. The summed E-state index contributed by atoms with van der Waals surface area (Å²) < 4.78 is 18.4. The highest BCUT2D eigenvalue weighted by Gasteiger charge is 2.24. The minimum absolute atomic E-state index is 0.00558. The number of rotatable bonds is 2. The minimum Gasteiger partial charge on any atom is -0.377 e. The summed E-state index contributed by atoms with van der Waals surface area (Å²) >= 11 is 0. The molecule has 0 aliphatic carbocycles. The number of nitrogens with one attached hydrogen (secondary N) is 1. The molecule has 0 bridgehead atoms. The van der Waals surface area contributed by atoms with Gasteiger partial charge in [0.15, 0.2) is 5.69 Å². The largest absolute Gasteiger partial charge is 0.377 e. The zero-order valence-electron chi connectivity index (χ0n) is 8.89. The first kappa shape index (κ1) is 10.2. The van der Waals surface area contributed by atoms with E-state index in [0.29, 0.717) is 24.1 Å². The van der Waals surface area contributed by atoms with Crippen LogP contribution in [0.5, 0.6) is 0 Å². The van der Waals surface area contributed by atoms with Gasteiger partial charge in [-0.1, -0.05) is 27.6 Å². The maximum absolute atomic E-state index is 13.4. The van der Waals surface area contributed by atoms with Crippen LogP contribution in [0.25, 0.3) is 10.9 Å². The lowest BCUT2D eigenvalue weighted by Gasteiger charge is -2.26. The van der Waals surface area contributed by atoms with Gasteiger partial charge in [0.25, 0.3) is 5.91 Å². The van der Waals surface area contributed by atoms with Crippen molar-refractivity contribution in [3.8, 4) is 0 Å². The molecule has 0 unspecified atom stereocenters. The van der Waals surface area contributed by atoms with E-state index in [-0.39, 0.29) is 22.5 Å². The normalized spacial score (nSPS) is 15.8. The van der Waals surface area contributed by atoms with E-state index in [2.05, 4.69) is 10.4 Å². The van der Waals surface area contributed by atoms with Gasteiger partial charge in [-0.25, -0.2) is 0 Å². The molecule has 0 atom stereocenters. The van der Waals surface area contributed by atoms with Gasteiger partial charge in [-0.3, -0.25) is 4.79 Å². The molecule has 6 heteroatoms. The van der Waals surface area contributed by atoms with Crippen LogP contribution in [0.2, 0.25) is 0 Å². The average Bonchev–Trinajstić information content (AvgIpc) is 2.62. The molecule has 0 spiro atoms. The fourth-order valence-electron chi connectivity index (χ4n) is 1.77. The van der Waals surface area contributed by atoms with Crippen molar-refractivity contribution < 1.29 is 14.0 Å². The fraction of sp³-hybridized carbons (Fsp3) is 0.273. The van der Waals surface area contributed by atoms with Gasteiger partial charge in [-0.2, -0.15) is 0 Å². The maximum Gasteiger partial charge on any atom is 0.272 e. The molecule has 1 saturated heterocycles. The van der Waals surface area contributed by atoms with Gasteiger partial charge in [0.1, 0.15) is 5.52 Å². The molecule has 1 aromatic heterocycles. The Morgan fingerprint density at radius 1 is 1.47 bits per heavy atom. The number of halogens is 1. The van der Waals surface area contributed by atoms with Crippen molar-refractivity contribution in [2.75, 3.05) is 13.2 Å². The van der Waals surface area contributed by atoms with Crippen molar-refractivity contribution >= 4 is 16.8 Å². The Morgan fingerprint density at radius 2 is 2.24 bits per heavy atom. The number of amides is 1. The van der Waals surface area contributed by atoms with E-state index < -0.39 is 0 Å². The van der Waals surface area contributed by atoms with Crippen molar-refractivity contribution in [2.45, 2.75) is 6.04 Å². The predicted molar refractivity (Wildman–Crippen MR) is 58.3 cm³/mol. The standard InChI is InChI=1S/C11H10FN3O2/c12-15-9-4-2-1-3-8(9)10(14-15)11(16)13-7-5-17-6-7/h1-4,7H,5-6H2,(H,13,16). The van der Waals surface area contributed by atoms with Gasteiger partial charge in [0.05, 0.1) is 19.3 Å². The molecule has 2 heterocycles. The van der Waals surface area contributed by atoms with Crippen molar-refractivity contribution in [3.05, 3.63) is 30.0 Å². The van der Waals surface area contributed by atoms with Crippen LogP contribution in [0.1, 0.15) is 10.5 Å². The van der Waals surface area contributed by atoms with Crippen LogP contribution >= 0.6 is 0 Å². The molecule has 17 heavy (non-hydrogen) atoms. The monoisotopic (exact) mass is 235 g/mol. The minimum atomic E-state index is -0.370. The summed E-state index contributed by atoms with van der Waals surface area (Å²) in [5, 5.41) is 6.84. The first-order valence-corrected chi connectivity index (χ1v) is 5.28. The van der Waals surface area contributed by atoms with Gasteiger partial charge >= 0.3 is 0 Å². The third-order valence-corrected chi connectivity index (χ3v) is 2.73. The molecule has 0 saturated carbocycles. The maximum atomic E-state index is 13.4. The predicted octanol–water partition coefficient (Wildman–Crippen LogP) is 0.897. The lowest BCUT2D eigenvalue weighted by Crippen LogP contribution is -2.48. The Balaban J connectivity index is 1.96. The molecule has 1 aromatic carbocycles. The molecule has 1 aliphatic rings. The SMILES string of the molecule is O=C(NC1COC1)c1nn(F)c2ccccc12. The Labute approximate surface area is 96.1 Å². The molecule has 88 valence electrons. The number of hydrogen-bond acceptors (Lipinski definition) is 3. The summed E-state index contributed by atoms with van der Waals surface area (Å²) in [6.45, 7) is 1.00. The first-order valence-electron chi connectivity index (χ1n) is 5.28. The number of carbonyl (C=O) groups excluding carboxylic acids is 1. The summed E-state index contributed by atoms with van der Waals surface area (Å²) in [4.78, 5) is 12.1. The second-order valence-corrected chi connectivity index (χ2v) is 3.93. The molecule has 1 aliphatic heterocycles. The lowest BCUT2D eigenvalue weighted by molar-refractivity contribution is -0.00355. The second kappa shape index (κ2) is 3.81. The summed E-state index contributed by atoms with van der Waals surface area (Å²) in [5.74, 6) is -0.370. The molecule has 3 rings (SSSR count). The zero-order chi connectivity index (χ0) is 11.8. The van der Waals surface area contributed by atoms with E-state index in [1.807, 2.05) is 0 Å². The fourth-order valence-corrected chi connectivity index (χ4v) is 1.77. The second-order valence-electron chi connectivity index (χ2n) is 3.93. The van der Waals surface area contributed by atoms with E-state index >= 15 is 0 Å². The number of nitrogens with zero attached hydrogens (tertiary/aromatic N) is 2. The Bertz CT molecular complexity index is 577. The van der Waals surface area contributed by atoms with E-state index in [4.69, 9.17) is 4.74 Å². The number of ether oxygens (including phenoxy) is 1. The molecule has 1 fully saturated rings. The number of hydrogen-bond donors (Lipinski definition) is 1. The van der Waals surface area contributed by atoms with Crippen LogP contribution in [-0.2, 0) is 4.74 Å². The van der Waals surface area contributed by atoms with Crippen LogP contribution in [0.15, 0.2) is 24.3 Å². The van der Waals surface area contributed by atoms with E-state index in [9.17, 15) is 9.28 Å². The van der Waals surface area contributed by atoms with Crippen molar-refractivity contribution in [2.24, 2.45) is 0 Å². The van der Waals surface area contributed by atoms with E-state index in [1.165, 1.54) is 0 Å². The summed E-state index contributed by atoms with van der Waals surface area (Å²) in [5.41, 5.74) is 0.400. The van der Waals surface area contributed by atoms with Crippen molar-refractivity contribution in [1.82, 2.24) is 15.3 Å². The number of para-hydroxylation sites is 1. The number of benzene rings is 1. The Kier molecular flexibility index (Phi) is 2.29. The molecule has 5 nitrogen and oxygen atoms in total. The topological polar surface area (TPSA) is 56.1 Å². The summed E-state index contributed by atoms with van der Waals surface area (Å²) in [6, 6.07) is 6.69. The summed E-state index contributed by atoms with van der Waals surface area (Å²) in [7, 11) is 0. The molecule has 0 radical (unpaired) electrons. The number of fused-ring (bicyclic) bond motifs is 1. The third-order valence-electron chi connectivity index (χ3n) is 2.73. The van der Waals surface area contributed by atoms with Gasteiger partial charge in [0.2, 0.25) is 0 Å². The zero-order valence-corrected chi connectivity index (χ0v) is 8.89. The van der Waals surface area contributed by atoms with Gasteiger partial charge in [0, 0.05) is 5.39 Å². The van der Waals surface area contributed by atoms with E-state index in [0.717, 1.165) is 0 Å². The van der Waals surface area contributed by atoms with Crippen LogP contribution in [0.3, 0.4) is 0 Å². The van der Waals surface area contributed by atoms with Gasteiger partial charge in [-0.05, 0) is 6.07 Å². The summed E-state index contributed by atoms with van der Waals surface area (Å²) in [6.07, 6.45) is 0. The number of aromatic nitrogens is 2. The molecule has 2 aromatic rings. The molecule has 1 N–H and O–H groups in total. The van der Waals surface area contributed by atoms with E-state index in [1.54, 1.807) is 24.3 Å². The molecular weight excluding hydrogens is 225 g/mol. The van der Waals surface area contributed by atoms with Crippen LogP contribution in [0.4, 0.5) is 4.48 Å². The molecular formula is C11H10FN3O2. The quantitative estimate of drug-likeness (QED) is 0.841. The highest BCUT2D eigenvalue weighted by atomic mass is 19.2. The first-order chi connectivity index (χ1) is 8.25. The van der Waals surface area contributed by atoms with Crippen molar-refractivity contribution in [3.63, 3.8) is 0 Å². The van der Waals surface area contributed by atoms with Crippen molar-refractivity contribution in [1.29, 1.82) is 0 Å². The Morgan fingerprint density at radius 3 is 2.94 bits per heavy atom. The smallest absolute Gasteiger partial charge is 0.272 e. The van der Waals surface area contributed by atoms with Crippen LogP contribution in [0, 0.1) is 0 Å². The van der Waals surface area contributed by atoms with Crippen LogP contribution in [-0.4, -0.2) is 35.2 Å². The van der Waals surface area contributed by atoms with Gasteiger partial charge < -0.3 is 10.1 Å². The van der Waals surface area contributed by atoms with Crippen LogP contribution < -0.4 is 5.32 Å². The highest BCUT2D eigenvalue weighted by molar-refractivity contribution is 6.04. The lowest BCUT2D eigenvalue weighted by atomic mass is 10.2. The third kappa shape index (κ3) is 1.66. The molecule has 1 amide bonds.